The normalized spacial score (nSPS) is 18.8. The molecule has 2 aromatic carbocycles. The summed E-state index contributed by atoms with van der Waals surface area (Å²) in [5.41, 5.74) is 2.62. The first-order chi connectivity index (χ1) is 16.5. The molecule has 180 valence electrons. The number of carbonyl (C=O) groups is 3. The molecule has 8 heteroatoms. The summed E-state index contributed by atoms with van der Waals surface area (Å²) in [7, 11) is 2.16. The Balaban J connectivity index is 1.20. The molecule has 0 aromatic heterocycles. The van der Waals surface area contributed by atoms with E-state index in [1.165, 1.54) is 10.5 Å². The molecule has 1 fully saturated rings. The van der Waals surface area contributed by atoms with Crippen LogP contribution in [0.5, 0.6) is 0 Å². The van der Waals surface area contributed by atoms with Crippen LogP contribution in [-0.4, -0.2) is 73.8 Å². The number of rotatable bonds is 8. The van der Waals surface area contributed by atoms with Gasteiger partial charge in [-0.2, -0.15) is 0 Å². The maximum atomic E-state index is 12.7. The molecular weight excluding hydrogens is 430 g/mol. The van der Waals surface area contributed by atoms with E-state index in [9.17, 15) is 14.4 Å². The molecule has 3 amide bonds. The Morgan fingerprint density at radius 2 is 1.79 bits per heavy atom. The Labute approximate surface area is 200 Å². The summed E-state index contributed by atoms with van der Waals surface area (Å²) >= 11 is 0. The molecule has 1 saturated heterocycles. The van der Waals surface area contributed by atoms with Crippen molar-refractivity contribution in [2.75, 3.05) is 56.5 Å². The number of fused-ring (bicyclic) bond motifs is 1. The molecule has 2 heterocycles. The molecule has 0 saturated carbocycles. The van der Waals surface area contributed by atoms with Gasteiger partial charge in [-0.15, -0.1) is 0 Å². The number of hydrogen-bond acceptors (Lipinski definition) is 5. The van der Waals surface area contributed by atoms with Crippen molar-refractivity contribution in [3.05, 3.63) is 60.2 Å². The fourth-order valence-electron chi connectivity index (χ4n) is 4.63. The second kappa shape index (κ2) is 11.3. The number of hydrogen-bond donors (Lipinski definition) is 2. The van der Waals surface area contributed by atoms with Crippen LogP contribution in [-0.2, 0) is 14.4 Å². The van der Waals surface area contributed by atoms with Crippen LogP contribution in [0.15, 0.2) is 54.6 Å². The number of nitrogens with one attached hydrogen (secondary N) is 2. The van der Waals surface area contributed by atoms with E-state index in [0.29, 0.717) is 24.0 Å². The topological polar surface area (TPSA) is 85.0 Å². The van der Waals surface area contributed by atoms with Crippen LogP contribution in [0.2, 0.25) is 0 Å². The van der Waals surface area contributed by atoms with Gasteiger partial charge in [-0.05, 0) is 31.2 Å². The fraction of sp³-hybridized carbons (Fsp3) is 0.423. The Morgan fingerprint density at radius 3 is 2.62 bits per heavy atom. The molecule has 0 radical (unpaired) electrons. The van der Waals surface area contributed by atoms with Gasteiger partial charge in [0.15, 0.2) is 0 Å². The highest BCUT2D eigenvalue weighted by molar-refractivity contribution is 6.10. The molecule has 2 aromatic rings. The minimum atomic E-state index is -0.228. The number of nitrogens with zero attached hydrogens (tertiary/aromatic N) is 3. The molecule has 2 aliphatic heterocycles. The fourth-order valence-corrected chi connectivity index (χ4v) is 4.63. The molecule has 1 atom stereocenters. The summed E-state index contributed by atoms with van der Waals surface area (Å²) in [5.74, 6) is -0.587. The summed E-state index contributed by atoms with van der Waals surface area (Å²) in [6, 6.07) is 18.1. The smallest absolute Gasteiger partial charge is 0.244 e. The lowest BCUT2D eigenvalue weighted by molar-refractivity contribution is -0.125. The SMILES string of the molecule is CN1CCN(CCCNC(=O)CCC(=O)N2CC(=O)Nc3ccccc32)C(c2ccccc2)C1. The van der Waals surface area contributed by atoms with E-state index in [-0.39, 0.29) is 37.1 Å². The van der Waals surface area contributed by atoms with Gasteiger partial charge in [-0.1, -0.05) is 42.5 Å². The Morgan fingerprint density at radius 1 is 1.03 bits per heavy atom. The maximum absolute atomic E-state index is 12.7. The first-order valence-corrected chi connectivity index (χ1v) is 11.9. The average molecular weight is 464 g/mol. The number of amides is 3. The lowest BCUT2D eigenvalue weighted by atomic mass is 10.0. The molecule has 2 N–H and O–H groups in total. The Hall–Kier alpha value is -3.23. The van der Waals surface area contributed by atoms with Gasteiger partial charge >= 0.3 is 0 Å². The summed E-state index contributed by atoms with van der Waals surface area (Å²) in [4.78, 5) is 43.3. The molecule has 1 unspecified atom stereocenters. The van der Waals surface area contributed by atoms with Crippen molar-refractivity contribution in [3.8, 4) is 0 Å². The molecule has 4 rings (SSSR count). The van der Waals surface area contributed by atoms with Crippen molar-refractivity contribution in [1.82, 2.24) is 15.1 Å². The monoisotopic (exact) mass is 463 g/mol. The zero-order chi connectivity index (χ0) is 23.9. The molecule has 0 bridgehead atoms. The van der Waals surface area contributed by atoms with Crippen LogP contribution in [0.1, 0.15) is 30.9 Å². The van der Waals surface area contributed by atoms with Gasteiger partial charge in [0.05, 0.1) is 11.4 Å². The number of anilines is 2. The van der Waals surface area contributed by atoms with Crippen molar-refractivity contribution in [3.63, 3.8) is 0 Å². The van der Waals surface area contributed by atoms with E-state index >= 15 is 0 Å². The zero-order valence-corrected chi connectivity index (χ0v) is 19.7. The van der Waals surface area contributed by atoms with Crippen LogP contribution in [0.25, 0.3) is 0 Å². The van der Waals surface area contributed by atoms with E-state index in [4.69, 9.17) is 0 Å². The quantitative estimate of drug-likeness (QED) is 0.587. The highest BCUT2D eigenvalue weighted by atomic mass is 16.2. The van der Waals surface area contributed by atoms with Gasteiger partial charge in [-0.25, -0.2) is 0 Å². The largest absolute Gasteiger partial charge is 0.356 e. The molecule has 0 aliphatic carbocycles. The number of carbonyl (C=O) groups excluding carboxylic acids is 3. The average Bonchev–Trinajstić information content (AvgIpc) is 2.85. The molecule has 8 nitrogen and oxygen atoms in total. The predicted octanol–water partition coefficient (Wildman–Crippen LogP) is 2.25. The van der Waals surface area contributed by atoms with E-state index in [0.717, 1.165) is 32.6 Å². The summed E-state index contributed by atoms with van der Waals surface area (Å²) in [6.07, 6.45) is 1.04. The van der Waals surface area contributed by atoms with Gasteiger partial charge < -0.3 is 20.4 Å². The zero-order valence-electron chi connectivity index (χ0n) is 19.7. The van der Waals surface area contributed by atoms with Crippen LogP contribution in [0.3, 0.4) is 0 Å². The van der Waals surface area contributed by atoms with Gasteiger partial charge in [0.25, 0.3) is 0 Å². The summed E-state index contributed by atoms with van der Waals surface area (Å²) in [5, 5.41) is 5.71. The van der Waals surface area contributed by atoms with Crippen molar-refractivity contribution in [2.45, 2.75) is 25.3 Å². The van der Waals surface area contributed by atoms with Crippen molar-refractivity contribution in [2.24, 2.45) is 0 Å². The van der Waals surface area contributed by atoms with Crippen LogP contribution < -0.4 is 15.5 Å². The molecule has 2 aliphatic rings. The number of benzene rings is 2. The third-order valence-corrected chi connectivity index (χ3v) is 6.46. The van der Waals surface area contributed by atoms with Crippen molar-refractivity contribution < 1.29 is 14.4 Å². The predicted molar refractivity (Wildman–Crippen MR) is 133 cm³/mol. The first kappa shape index (κ1) is 23.9. The third-order valence-electron chi connectivity index (χ3n) is 6.46. The van der Waals surface area contributed by atoms with E-state index in [1.54, 1.807) is 12.1 Å². The van der Waals surface area contributed by atoms with Crippen LogP contribution in [0, 0.1) is 0 Å². The van der Waals surface area contributed by atoms with Crippen molar-refractivity contribution >= 4 is 29.1 Å². The van der Waals surface area contributed by atoms with E-state index in [1.807, 2.05) is 18.2 Å². The minimum Gasteiger partial charge on any atom is -0.356 e. The highest BCUT2D eigenvalue weighted by Crippen LogP contribution is 2.29. The number of piperazine rings is 1. The van der Waals surface area contributed by atoms with Gasteiger partial charge in [-0.3, -0.25) is 19.3 Å². The summed E-state index contributed by atoms with van der Waals surface area (Å²) in [6.45, 7) is 4.50. The molecular formula is C26H33N5O3. The molecule has 0 spiro atoms. The van der Waals surface area contributed by atoms with Crippen molar-refractivity contribution in [1.29, 1.82) is 0 Å². The van der Waals surface area contributed by atoms with Gasteiger partial charge in [0.1, 0.15) is 6.54 Å². The number of likely N-dealkylation sites (N-methyl/N-ethyl adjacent to an activating group) is 1. The minimum absolute atomic E-state index is 0.0227. The first-order valence-electron chi connectivity index (χ1n) is 11.9. The van der Waals surface area contributed by atoms with Crippen LogP contribution in [0.4, 0.5) is 11.4 Å². The second-order valence-electron chi connectivity index (χ2n) is 8.97. The second-order valence-corrected chi connectivity index (χ2v) is 8.97. The van der Waals surface area contributed by atoms with E-state index in [2.05, 4.69) is 51.7 Å². The lowest BCUT2D eigenvalue weighted by Crippen LogP contribution is -2.47. The van der Waals surface area contributed by atoms with E-state index < -0.39 is 0 Å². The Bertz CT molecular complexity index is 1010. The van der Waals surface area contributed by atoms with Gasteiger partial charge in [0, 0.05) is 51.6 Å². The molecule has 34 heavy (non-hydrogen) atoms. The lowest BCUT2D eigenvalue weighted by Gasteiger charge is -2.40. The summed E-state index contributed by atoms with van der Waals surface area (Å²) < 4.78 is 0. The Kier molecular flexibility index (Phi) is 7.92. The maximum Gasteiger partial charge on any atom is 0.244 e. The third kappa shape index (κ3) is 6.01. The highest BCUT2D eigenvalue weighted by Gasteiger charge is 2.27. The standard InChI is InChI=1S/C26H33N5O3/c1-29-16-17-30(23(18-29)20-8-3-2-4-9-20)15-7-14-27-24(32)12-13-26(34)31-19-25(33)28-21-10-5-6-11-22(21)31/h2-6,8-11,23H,7,12-19H2,1H3,(H,27,32)(H,28,33). The van der Waals surface area contributed by atoms with Gasteiger partial charge in [0.2, 0.25) is 17.7 Å². The number of para-hydroxylation sites is 2. The van der Waals surface area contributed by atoms with Crippen LogP contribution >= 0.6 is 0 Å².